The van der Waals surface area contributed by atoms with E-state index in [1.54, 1.807) is 31.2 Å². The lowest BCUT2D eigenvalue weighted by Gasteiger charge is -2.30. The molecule has 4 atom stereocenters. The molecule has 20 heteroatoms. The predicted molar refractivity (Wildman–Crippen MR) is 190 cm³/mol. The van der Waals surface area contributed by atoms with Crippen molar-refractivity contribution in [2.45, 2.75) is 96.2 Å². The average Bonchev–Trinajstić information content (AvgIpc) is 3.16. The Kier molecular flexibility index (Phi) is 21.0. The molecule has 1 fully saturated rings. The van der Waals surface area contributed by atoms with Crippen LogP contribution in [0.25, 0.3) is 0 Å². The second kappa shape index (κ2) is 24.2. The van der Waals surface area contributed by atoms with E-state index in [2.05, 4.69) is 47.1 Å². The molecule has 0 aromatic heterocycles. The van der Waals surface area contributed by atoms with Crippen molar-refractivity contribution >= 4 is 35.7 Å². The maximum atomic E-state index is 12.9. The van der Waals surface area contributed by atoms with Crippen molar-refractivity contribution in [2.75, 3.05) is 13.2 Å². The number of piperidine rings is 1. The van der Waals surface area contributed by atoms with Gasteiger partial charge >= 0.3 is 30.4 Å². The molecule has 0 bridgehead atoms. The topological polar surface area (TPSA) is 219 Å². The molecule has 0 spiro atoms. The molecule has 312 valence electrons. The van der Waals surface area contributed by atoms with Gasteiger partial charge in [-0.1, -0.05) is 92.9 Å². The van der Waals surface area contributed by atoms with Gasteiger partial charge in [0.2, 0.25) is 11.8 Å². The van der Waals surface area contributed by atoms with Crippen molar-refractivity contribution in [2.24, 2.45) is 16.8 Å². The van der Waals surface area contributed by atoms with E-state index < -0.39 is 36.5 Å². The summed E-state index contributed by atoms with van der Waals surface area (Å²) in [5, 5.41) is 26.9. The minimum Gasteiger partial charge on any atom is -0.475 e. The Balaban J connectivity index is 0.000000949. The number of benzene rings is 2. The quantitative estimate of drug-likeness (QED) is 0.0345. The highest BCUT2D eigenvalue weighted by molar-refractivity contribution is 5.97. The van der Waals surface area contributed by atoms with E-state index in [1.807, 2.05) is 18.2 Å². The number of hydrogen-bond donors (Lipinski definition) is 6. The number of nitrogens with two attached hydrogens (primary N) is 1. The number of carbonyl (C=O) groups is 5. The number of amides is 2. The molecule has 2 aromatic carbocycles. The fourth-order valence-corrected chi connectivity index (χ4v) is 4.91. The number of carboxylic acid groups (broad SMARTS) is 2. The molecule has 3 rings (SSSR count). The Labute approximate surface area is 319 Å². The van der Waals surface area contributed by atoms with Crippen molar-refractivity contribution in [1.82, 2.24) is 16.0 Å². The predicted octanol–water partition coefficient (Wildman–Crippen LogP) is 5.60. The summed E-state index contributed by atoms with van der Waals surface area (Å²) in [7, 11) is 0. The Hall–Kier alpha value is -5.40. The highest BCUT2D eigenvalue weighted by Gasteiger charge is 2.39. The van der Waals surface area contributed by atoms with Crippen LogP contribution in [0.3, 0.4) is 0 Å². The van der Waals surface area contributed by atoms with Crippen LogP contribution >= 0.6 is 0 Å². The zero-order valence-electron chi connectivity index (χ0n) is 30.9. The van der Waals surface area contributed by atoms with E-state index in [4.69, 9.17) is 35.1 Å². The number of carboxylic acids is 2. The third-order valence-electron chi connectivity index (χ3n) is 8.14. The Bertz CT molecular complexity index is 1550. The number of nitrogens with zero attached hydrogens (tertiary/aromatic N) is 1. The molecular formula is C36H47F6N5O9. The smallest absolute Gasteiger partial charge is 0.475 e. The van der Waals surface area contributed by atoms with E-state index in [0.717, 1.165) is 44.2 Å². The molecular weight excluding hydrogens is 760 g/mol. The van der Waals surface area contributed by atoms with Crippen LogP contribution in [0.4, 0.5) is 31.1 Å². The SMILES string of the molecule is CCCCC(CC)COC(=O)O/N=C(\N)c1ccc(CNC(=O)C(C)NC(=O)[C@H]2C[C@@H](c3ccccc3)CCN2)cc1.O=C(O)C(F)(F)F.O=C(O)C(F)(F)F. The van der Waals surface area contributed by atoms with Crippen LogP contribution in [-0.4, -0.2) is 83.5 Å². The summed E-state index contributed by atoms with van der Waals surface area (Å²) in [4.78, 5) is 60.0. The molecule has 2 aromatic rings. The van der Waals surface area contributed by atoms with Crippen LogP contribution in [0.2, 0.25) is 0 Å². The monoisotopic (exact) mass is 807 g/mol. The van der Waals surface area contributed by atoms with Gasteiger partial charge in [-0.3, -0.25) is 14.4 Å². The van der Waals surface area contributed by atoms with Gasteiger partial charge in [0.15, 0.2) is 5.84 Å². The first-order valence-corrected chi connectivity index (χ1v) is 17.4. The summed E-state index contributed by atoms with van der Waals surface area (Å²) in [5.74, 6) is -5.33. The lowest BCUT2D eigenvalue weighted by Crippen LogP contribution is -2.53. The van der Waals surface area contributed by atoms with E-state index in [9.17, 15) is 40.7 Å². The van der Waals surface area contributed by atoms with Crippen molar-refractivity contribution in [3.05, 3.63) is 71.3 Å². The molecule has 2 amide bonds. The van der Waals surface area contributed by atoms with Crippen molar-refractivity contribution in [3.63, 3.8) is 0 Å². The van der Waals surface area contributed by atoms with Crippen molar-refractivity contribution in [1.29, 1.82) is 0 Å². The van der Waals surface area contributed by atoms with E-state index in [1.165, 1.54) is 5.56 Å². The van der Waals surface area contributed by atoms with Crippen LogP contribution in [0.1, 0.15) is 81.9 Å². The lowest BCUT2D eigenvalue weighted by atomic mass is 9.86. The van der Waals surface area contributed by atoms with Gasteiger partial charge in [-0.05, 0) is 55.7 Å². The number of unbranched alkanes of at least 4 members (excludes halogenated alkanes) is 1. The number of hydrogen-bond acceptors (Lipinski definition) is 9. The number of rotatable bonds is 14. The first-order chi connectivity index (χ1) is 26.2. The molecule has 1 heterocycles. The van der Waals surface area contributed by atoms with E-state index in [0.29, 0.717) is 30.4 Å². The fraction of sp³-hybridized carbons (Fsp3) is 0.500. The van der Waals surface area contributed by atoms with Crippen LogP contribution in [0, 0.1) is 5.92 Å². The first-order valence-electron chi connectivity index (χ1n) is 17.4. The number of amidine groups is 1. The Morgan fingerprint density at radius 2 is 1.52 bits per heavy atom. The summed E-state index contributed by atoms with van der Waals surface area (Å²) in [6.07, 6.45) is -5.29. The largest absolute Gasteiger partial charge is 0.535 e. The third-order valence-corrected chi connectivity index (χ3v) is 8.14. The summed E-state index contributed by atoms with van der Waals surface area (Å²) in [5.41, 5.74) is 8.57. The minimum absolute atomic E-state index is 0.0303. The van der Waals surface area contributed by atoms with Gasteiger partial charge in [-0.25, -0.2) is 14.4 Å². The van der Waals surface area contributed by atoms with E-state index >= 15 is 0 Å². The summed E-state index contributed by atoms with van der Waals surface area (Å²) in [6, 6.07) is 16.2. The van der Waals surface area contributed by atoms with Crippen LogP contribution in [0.15, 0.2) is 59.8 Å². The van der Waals surface area contributed by atoms with Crippen LogP contribution in [0.5, 0.6) is 0 Å². The van der Waals surface area contributed by atoms with Crippen molar-refractivity contribution in [3.8, 4) is 0 Å². The Morgan fingerprint density at radius 3 is 2.04 bits per heavy atom. The highest BCUT2D eigenvalue weighted by atomic mass is 19.4. The van der Waals surface area contributed by atoms with E-state index in [-0.39, 0.29) is 30.2 Å². The molecule has 1 aliphatic heterocycles. The standard InChI is InChI=1S/C32H45N5O5.2C2HF3O2/c1-4-6-10-23(5-2)21-41-32(40)42-37-29(33)26-15-13-24(14-16-26)20-35-30(38)22(3)36-31(39)28-19-27(17-18-34-28)25-11-8-7-9-12-25;2*3-2(4,5)1(6)7/h7-9,11-16,22-23,27-28,34H,4-6,10,17-21H2,1-3H3,(H2,33,37)(H,35,38)(H,36,39);2*(H,6,7)/t22?,23?,27-,28+;;/m0../s1. The maximum Gasteiger partial charge on any atom is 0.535 e. The molecule has 0 radical (unpaired) electrons. The summed E-state index contributed by atoms with van der Waals surface area (Å²) in [6.45, 7) is 7.17. The molecule has 1 aliphatic rings. The number of halogens is 6. The first kappa shape index (κ1) is 48.6. The normalized spacial score (nSPS) is 16.6. The van der Waals surface area contributed by atoms with Gasteiger partial charge in [-0.15, -0.1) is 0 Å². The average molecular weight is 808 g/mol. The molecule has 0 aliphatic carbocycles. The van der Waals surface area contributed by atoms with Gasteiger partial charge in [0.05, 0.1) is 12.6 Å². The maximum absolute atomic E-state index is 12.9. The zero-order chi connectivity index (χ0) is 42.5. The number of ether oxygens (including phenoxy) is 1. The Morgan fingerprint density at radius 1 is 0.946 bits per heavy atom. The fourth-order valence-electron chi connectivity index (χ4n) is 4.91. The molecule has 1 saturated heterocycles. The number of oxime groups is 1. The lowest BCUT2D eigenvalue weighted by molar-refractivity contribution is -0.193. The van der Waals surface area contributed by atoms with Gasteiger partial charge < -0.3 is 36.6 Å². The molecule has 0 saturated carbocycles. The molecule has 7 N–H and O–H groups in total. The summed E-state index contributed by atoms with van der Waals surface area (Å²) >= 11 is 0. The minimum atomic E-state index is -5.08. The summed E-state index contributed by atoms with van der Waals surface area (Å²) < 4.78 is 68.6. The van der Waals surface area contributed by atoms with Gasteiger partial charge in [0.1, 0.15) is 6.04 Å². The third kappa shape index (κ3) is 19.3. The van der Waals surface area contributed by atoms with Gasteiger partial charge in [0, 0.05) is 12.1 Å². The second-order valence-electron chi connectivity index (χ2n) is 12.4. The highest BCUT2D eigenvalue weighted by Crippen LogP contribution is 2.27. The zero-order valence-corrected chi connectivity index (χ0v) is 30.9. The van der Waals surface area contributed by atoms with Crippen molar-refractivity contribution < 1.29 is 70.1 Å². The van der Waals surface area contributed by atoms with Gasteiger partial charge in [-0.2, -0.15) is 26.3 Å². The van der Waals surface area contributed by atoms with Gasteiger partial charge in [0.25, 0.3) is 0 Å². The number of nitrogens with one attached hydrogen (secondary N) is 3. The molecule has 14 nitrogen and oxygen atoms in total. The second-order valence-corrected chi connectivity index (χ2v) is 12.4. The number of carbonyl (C=O) groups excluding carboxylic acids is 3. The van der Waals surface area contributed by atoms with Crippen LogP contribution < -0.4 is 21.7 Å². The molecule has 56 heavy (non-hydrogen) atoms. The molecule has 2 unspecified atom stereocenters. The number of alkyl halides is 6. The number of aliphatic carboxylic acids is 2. The van der Waals surface area contributed by atoms with Crippen LogP contribution in [-0.2, 0) is 35.3 Å².